The lowest BCUT2D eigenvalue weighted by Crippen LogP contribution is -2.19. The Balaban J connectivity index is 3.05. The lowest BCUT2D eigenvalue weighted by molar-refractivity contribution is -0.137. The molecule has 1 heterocycles. The van der Waals surface area contributed by atoms with E-state index in [1.165, 1.54) is 19.2 Å². The van der Waals surface area contributed by atoms with Gasteiger partial charge in [-0.2, -0.15) is 0 Å². The van der Waals surface area contributed by atoms with E-state index in [2.05, 4.69) is 14.1 Å². The molecule has 9 heteroatoms. The van der Waals surface area contributed by atoms with Crippen LogP contribution in [-0.4, -0.2) is 37.0 Å². The first kappa shape index (κ1) is 15.6. The van der Waals surface area contributed by atoms with Gasteiger partial charge in [-0.05, 0) is 20.8 Å². The zero-order valence-electron chi connectivity index (χ0n) is 10.7. The Morgan fingerprint density at radius 3 is 2.63 bits per heavy atom. The summed E-state index contributed by atoms with van der Waals surface area (Å²) in [5.41, 5.74) is -0.0406. The lowest BCUT2D eigenvalue weighted by atomic mass is 10.3. The first-order chi connectivity index (χ1) is 8.77. The van der Waals surface area contributed by atoms with Crippen LogP contribution in [0.15, 0.2) is 9.78 Å². The normalized spacial score (nSPS) is 12.7. The van der Waals surface area contributed by atoms with Crippen LogP contribution >= 0.6 is 11.3 Å². The molecule has 7 nitrogen and oxygen atoms in total. The van der Waals surface area contributed by atoms with Gasteiger partial charge in [-0.1, -0.05) is 0 Å². The molecule has 1 aromatic heterocycles. The van der Waals surface area contributed by atoms with E-state index in [0.29, 0.717) is 0 Å². The van der Waals surface area contributed by atoms with E-state index in [-0.39, 0.29) is 17.1 Å². The van der Waals surface area contributed by atoms with Crippen molar-refractivity contribution in [2.24, 2.45) is 4.40 Å². The second-order valence-corrected chi connectivity index (χ2v) is 6.80. The number of nitrogens with zero attached hydrogens (tertiary/aromatic N) is 1. The van der Waals surface area contributed by atoms with Crippen LogP contribution in [0, 0.1) is 0 Å². The molecule has 0 spiro atoms. The van der Waals surface area contributed by atoms with Gasteiger partial charge in [0.25, 0.3) is 15.8 Å². The minimum atomic E-state index is -3.62. The highest BCUT2D eigenvalue weighted by Gasteiger charge is 2.20. The zero-order chi connectivity index (χ0) is 14.6. The van der Waals surface area contributed by atoms with Crippen LogP contribution in [0.5, 0.6) is 0 Å². The number of thiazole rings is 1. The number of hydrogen-bond donors (Lipinski definition) is 1. The summed E-state index contributed by atoms with van der Waals surface area (Å²) in [4.78, 5) is 25.3. The molecule has 0 bridgehead atoms. The third-order valence-electron chi connectivity index (χ3n) is 2.04. The maximum absolute atomic E-state index is 11.6. The Kier molecular flexibility index (Phi) is 5.01. The van der Waals surface area contributed by atoms with Crippen LogP contribution in [0.2, 0.25) is 0 Å². The Labute approximate surface area is 114 Å². The average Bonchev–Trinajstić information content (AvgIpc) is 2.75. The fourth-order valence-electron chi connectivity index (χ4n) is 0.971. The smallest absolute Gasteiger partial charge is 0.381 e. The highest BCUT2D eigenvalue weighted by atomic mass is 32.2. The molecule has 1 aromatic rings. The van der Waals surface area contributed by atoms with Crippen molar-refractivity contribution >= 4 is 33.1 Å². The SMILES string of the molecule is CCOC(=O)C(=O)c1csc(=NS(=O)(=O)C(C)C)[nH]1. The molecule has 19 heavy (non-hydrogen) atoms. The number of Topliss-reactive ketones (excluding diaryl/α,β-unsaturated/α-hetero) is 1. The van der Waals surface area contributed by atoms with Crippen molar-refractivity contribution in [1.29, 1.82) is 0 Å². The van der Waals surface area contributed by atoms with Crippen LogP contribution < -0.4 is 4.80 Å². The van der Waals surface area contributed by atoms with Gasteiger partial charge < -0.3 is 9.72 Å². The predicted octanol–water partition coefficient (Wildman–Crippen LogP) is 0.461. The standard InChI is InChI=1S/C10H14N2O5S2/c1-4-17-9(14)8(13)7-5-18-10(11-7)12-19(15,16)6(2)3/h5-6H,4H2,1-3H3,(H,11,12). The van der Waals surface area contributed by atoms with Gasteiger partial charge in [0.05, 0.1) is 11.9 Å². The summed E-state index contributed by atoms with van der Waals surface area (Å²) >= 11 is 0.928. The van der Waals surface area contributed by atoms with Crippen molar-refractivity contribution in [2.45, 2.75) is 26.0 Å². The zero-order valence-corrected chi connectivity index (χ0v) is 12.3. The van der Waals surface area contributed by atoms with Gasteiger partial charge in [0.1, 0.15) is 5.69 Å². The van der Waals surface area contributed by atoms with Crippen molar-refractivity contribution in [2.75, 3.05) is 6.61 Å². The molecule has 1 rings (SSSR count). The molecule has 0 saturated heterocycles. The second-order valence-electron chi connectivity index (χ2n) is 3.78. The van der Waals surface area contributed by atoms with Crippen LogP contribution in [0.1, 0.15) is 31.3 Å². The van der Waals surface area contributed by atoms with Gasteiger partial charge in [-0.3, -0.25) is 4.79 Å². The molecular weight excluding hydrogens is 292 g/mol. The third-order valence-corrected chi connectivity index (χ3v) is 4.56. The van der Waals surface area contributed by atoms with E-state index >= 15 is 0 Å². The first-order valence-corrected chi connectivity index (χ1v) is 7.85. The Bertz CT molecular complexity index is 639. The largest absolute Gasteiger partial charge is 0.460 e. The molecule has 1 N–H and O–H groups in total. The summed E-state index contributed by atoms with van der Waals surface area (Å²) in [7, 11) is -3.62. The molecular formula is C10H14N2O5S2. The monoisotopic (exact) mass is 306 g/mol. The molecule has 0 radical (unpaired) electrons. The van der Waals surface area contributed by atoms with Gasteiger partial charge in [-0.15, -0.1) is 15.7 Å². The molecule has 0 aliphatic heterocycles. The average molecular weight is 306 g/mol. The number of carbonyl (C=O) groups is 2. The summed E-state index contributed by atoms with van der Waals surface area (Å²) in [5.74, 6) is -1.85. The van der Waals surface area contributed by atoms with E-state index in [0.717, 1.165) is 11.3 Å². The lowest BCUT2D eigenvalue weighted by Gasteiger charge is -1.98. The van der Waals surface area contributed by atoms with E-state index in [1.54, 1.807) is 6.92 Å². The molecule has 0 saturated carbocycles. The maximum atomic E-state index is 11.6. The number of aromatic nitrogens is 1. The molecule has 0 aliphatic carbocycles. The Morgan fingerprint density at radius 2 is 2.11 bits per heavy atom. The third kappa shape index (κ3) is 4.00. The molecule has 0 amide bonds. The summed E-state index contributed by atoms with van der Waals surface area (Å²) in [5, 5.41) is 0.667. The van der Waals surface area contributed by atoms with E-state index in [9.17, 15) is 18.0 Å². The van der Waals surface area contributed by atoms with Crippen LogP contribution in [0.25, 0.3) is 0 Å². The minimum Gasteiger partial charge on any atom is -0.460 e. The van der Waals surface area contributed by atoms with Gasteiger partial charge in [0.15, 0.2) is 4.80 Å². The van der Waals surface area contributed by atoms with E-state index in [1.807, 2.05) is 0 Å². The summed E-state index contributed by atoms with van der Waals surface area (Å²) in [6.45, 7) is 4.67. The Hall–Kier alpha value is -1.48. The van der Waals surface area contributed by atoms with Crippen LogP contribution in [0.4, 0.5) is 0 Å². The Morgan fingerprint density at radius 1 is 1.47 bits per heavy atom. The number of ketones is 1. The van der Waals surface area contributed by atoms with Crippen molar-refractivity contribution < 1.29 is 22.7 Å². The molecule has 0 aromatic carbocycles. The first-order valence-electron chi connectivity index (χ1n) is 5.47. The van der Waals surface area contributed by atoms with Crippen molar-refractivity contribution in [1.82, 2.24) is 4.98 Å². The number of H-pyrrole nitrogens is 1. The fraction of sp³-hybridized carbons (Fsp3) is 0.500. The number of esters is 1. The van der Waals surface area contributed by atoms with Crippen molar-refractivity contribution in [3.05, 3.63) is 15.9 Å². The molecule has 0 unspecified atom stereocenters. The highest BCUT2D eigenvalue weighted by molar-refractivity contribution is 7.90. The van der Waals surface area contributed by atoms with Crippen molar-refractivity contribution in [3.8, 4) is 0 Å². The van der Waals surface area contributed by atoms with Gasteiger partial charge in [-0.25, -0.2) is 13.2 Å². The maximum Gasteiger partial charge on any atom is 0.381 e. The number of sulfonamides is 1. The number of ether oxygens (including phenoxy) is 1. The summed E-state index contributed by atoms with van der Waals surface area (Å²) in [6, 6.07) is 0. The fourth-order valence-corrected chi connectivity index (χ4v) is 2.51. The van der Waals surface area contributed by atoms with Gasteiger partial charge >= 0.3 is 5.97 Å². The topological polar surface area (TPSA) is 106 Å². The number of nitrogens with one attached hydrogen (secondary N) is 1. The number of aromatic amines is 1. The molecule has 0 aliphatic rings. The van der Waals surface area contributed by atoms with Crippen LogP contribution in [0.3, 0.4) is 0 Å². The number of carbonyl (C=O) groups excluding carboxylic acids is 2. The second kappa shape index (κ2) is 6.11. The number of rotatable bonds is 5. The van der Waals surface area contributed by atoms with Crippen LogP contribution in [-0.2, 0) is 19.6 Å². The van der Waals surface area contributed by atoms with E-state index < -0.39 is 27.0 Å². The molecule has 0 atom stereocenters. The van der Waals surface area contributed by atoms with Crippen molar-refractivity contribution in [3.63, 3.8) is 0 Å². The number of hydrogen-bond acceptors (Lipinski definition) is 6. The summed E-state index contributed by atoms with van der Waals surface area (Å²) in [6.07, 6.45) is 0. The quantitative estimate of drug-likeness (QED) is 0.483. The summed E-state index contributed by atoms with van der Waals surface area (Å²) < 4.78 is 31.2. The highest BCUT2D eigenvalue weighted by Crippen LogP contribution is 2.03. The van der Waals surface area contributed by atoms with E-state index in [4.69, 9.17) is 0 Å². The van der Waals surface area contributed by atoms with Gasteiger partial charge in [0, 0.05) is 5.38 Å². The minimum absolute atomic E-state index is 0.0406. The molecule has 106 valence electrons. The predicted molar refractivity (Wildman–Crippen MR) is 69.3 cm³/mol. The molecule has 0 fully saturated rings. The van der Waals surface area contributed by atoms with Gasteiger partial charge in [0.2, 0.25) is 0 Å².